The number of carbonyl (C=O) groups excluding carboxylic acids is 2. The van der Waals surface area contributed by atoms with E-state index in [9.17, 15) is 9.59 Å². The third kappa shape index (κ3) is 6.16. The number of primary amides is 1. The van der Waals surface area contributed by atoms with Gasteiger partial charge in [-0.3, -0.25) is 9.59 Å². The number of methoxy groups -OCH3 is 1. The molecule has 3 N–H and O–H groups in total. The van der Waals surface area contributed by atoms with Crippen LogP contribution in [0.5, 0.6) is 17.2 Å². The largest absolute Gasteiger partial charge is 0.493 e. The van der Waals surface area contributed by atoms with Crippen LogP contribution in [0.3, 0.4) is 0 Å². The Morgan fingerprint density at radius 2 is 1.73 bits per heavy atom. The van der Waals surface area contributed by atoms with Crippen molar-refractivity contribution in [2.75, 3.05) is 20.3 Å². The SMILES string of the molecule is COc1ccccc1OCC(=O)N/N=C/c1ccc(OCC(N)=O)cc1. The summed E-state index contributed by atoms with van der Waals surface area (Å²) >= 11 is 0. The Hall–Kier alpha value is -3.55. The third-order valence-electron chi connectivity index (χ3n) is 3.09. The van der Waals surface area contributed by atoms with Crippen molar-refractivity contribution in [1.29, 1.82) is 0 Å². The predicted octanol–water partition coefficient (Wildman–Crippen LogP) is 1.09. The van der Waals surface area contributed by atoms with Gasteiger partial charge in [-0.1, -0.05) is 12.1 Å². The van der Waals surface area contributed by atoms with Gasteiger partial charge in [0.15, 0.2) is 24.7 Å². The molecule has 0 fully saturated rings. The maximum Gasteiger partial charge on any atom is 0.277 e. The Bertz CT molecular complexity index is 775. The Kier molecular flexibility index (Phi) is 6.99. The molecule has 0 spiro atoms. The predicted molar refractivity (Wildman–Crippen MR) is 95.4 cm³/mol. The van der Waals surface area contributed by atoms with Crippen LogP contribution < -0.4 is 25.4 Å². The number of nitrogens with zero attached hydrogens (tertiary/aromatic N) is 1. The molecule has 0 aliphatic heterocycles. The molecule has 0 bridgehead atoms. The van der Waals surface area contributed by atoms with Crippen molar-refractivity contribution >= 4 is 18.0 Å². The number of amides is 2. The summed E-state index contributed by atoms with van der Waals surface area (Å²) in [7, 11) is 1.52. The molecule has 2 aromatic rings. The Labute approximate surface area is 150 Å². The third-order valence-corrected chi connectivity index (χ3v) is 3.09. The lowest BCUT2D eigenvalue weighted by Crippen LogP contribution is -2.24. The van der Waals surface area contributed by atoms with Gasteiger partial charge in [-0.05, 0) is 42.0 Å². The lowest BCUT2D eigenvalue weighted by atomic mass is 10.2. The second-order valence-electron chi connectivity index (χ2n) is 5.06. The first-order chi connectivity index (χ1) is 12.6. The molecule has 0 aliphatic rings. The standard InChI is InChI=1S/C18H19N3O5/c1-24-15-4-2-3-5-16(15)26-12-18(23)21-20-10-13-6-8-14(9-7-13)25-11-17(19)22/h2-10H,11-12H2,1H3,(H2,19,22)(H,21,23)/b20-10+. The highest BCUT2D eigenvalue weighted by Gasteiger charge is 2.05. The van der Waals surface area contributed by atoms with E-state index >= 15 is 0 Å². The highest BCUT2D eigenvalue weighted by Crippen LogP contribution is 2.25. The molecule has 2 aromatic carbocycles. The molecular formula is C18H19N3O5. The summed E-state index contributed by atoms with van der Waals surface area (Å²) in [6.07, 6.45) is 1.47. The van der Waals surface area contributed by atoms with Crippen LogP contribution in [0.1, 0.15) is 5.56 Å². The van der Waals surface area contributed by atoms with Crippen LogP contribution in [0, 0.1) is 0 Å². The minimum atomic E-state index is -0.548. The van der Waals surface area contributed by atoms with Crippen LogP contribution >= 0.6 is 0 Å². The summed E-state index contributed by atoms with van der Waals surface area (Å²) in [5.41, 5.74) is 8.10. The Morgan fingerprint density at radius 3 is 2.38 bits per heavy atom. The summed E-state index contributed by atoms with van der Waals surface area (Å²) in [4.78, 5) is 22.4. The zero-order valence-corrected chi connectivity index (χ0v) is 14.2. The monoisotopic (exact) mass is 357 g/mol. The first-order valence-electron chi connectivity index (χ1n) is 7.67. The van der Waals surface area contributed by atoms with E-state index in [1.165, 1.54) is 13.3 Å². The van der Waals surface area contributed by atoms with Crippen molar-refractivity contribution in [3.05, 3.63) is 54.1 Å². The van der Waals surface area contributed by atoms with Gasteiger partial charge in [0.2, 0.25) is 0 Å². The second-order valence-corrected chi connectivity index (χ2v) is 5.06. The van der Waals surface area contributed by atoms with E-state index in [4.69, 9.17) is 19.9 Å². The van der Waals surface area contributed by atoms with Crippen LogP contribution in [0.2, 0.25) is 0 Å². The minimum Gasteiger partial charge on any atom is -0.493 e. The topological polar surface area (TPSA) is 112 Å². The number of hydrogen-bond donors (Lipinski definition) is 2. The molecule has 0 saturated heterocycles. The van der Waals surface area contributed by atoms with Crippen LogP contribution in [-0.4, -0.2) is 38.4 Å². The van der Waals surface area contributed by atoms with E-state index in [0.29, 0.717) is 17.2 Å². The molecular weight excluding hydrogens is 338 g/mol. The van der Waals surface area contributed by atoms with Crippen molar-refractivity contribution in [3.8, 4) is 17.2 Å². The van der Waals surface area contributed by atoms with Gasteiger partial charge >= 0.3 is 0 Å². The lowest BCUT2D eigenvalue weighted by Gasteiger charge is -2.09. The molecule has 26 heavy (non-hydrogen) atoms. The van der Waals surface area contributed by atoms with Gasteiger partial charge in [-0.2, -0.15) is 5.10 Å². The molecule has 0 atom stereocenters. The molecule has 8 nitrogen and oxygen atoms in total. The van der Waals surface area contributed by atoms with Crippen molar-refractivity contribution in [1.82, 2.24) is 5.43 Å². The smallest absolute Gasteiger partial charge is 0.277 e. The van der Waals surface area contributed by atoms with E-state index in [1.807, 2.05) is 0 Å². The number of nitrogens with two attached hydrogens (primary N) is 1. The fourth-order valence-corrected chi connectivity index (χ4v) is 1.90. The van der Waals surface area contributed by atoms with E-state index in [2.05, 4.69) is 10.5 Å². The number of hydrazone groups is 1. The van der Waals surface area contributed by atoms with Crippen LogP contribution in [0.15, 0.2) is 53.6 Å². The fraction of sp³-hybridized carbons (Fsp3) is 0.167. The zero-order chi connectivity index (χ0) is 18.8. The van der Waals surface area contributed by atoms with Gasteiger partial charge in [0, 0.05) is 0 Å². The average molecular weight is 357 g/mol. The highest BCUT2D eigenvalue weighted by atomic mass is 16.5. The zero-order valence-electron chi connectivity index (χ0n) is 14.2. The molecule has 136 valence electrons. The maximum atomic E-state index is 11.8. The molecule has 2 rings (SSSR count). The van der Waals surface area contributed by atoms with Crippen LogP contribution in [0.25, 0.3) is 0 Å². The Balaban J connectivity index is 1.78. The Morgan fingerprint density at radius 1 is 1.04 bits per heavy atom. The van der Waals surface area contributed by atoms with Crippen molar-refractivity contribution < 1.29 is 23.8 Å². The summed E-state index contributed by atoms with van der Waals surface area (Å²) in [5.74, 6) is 0.570. The number of para-hydroxylation sites is 2. The van der Waals surface area contributed by atoms with Crippen molar-refractivity contribution in [2.45, 2.75) is 0 Å². The van der Waals surface area contributed by atoms with E-state index in [0.717, 1.165) is 5.56 Å². The van der Waals surface area contributed by atoms with Gasteiger partial charge in [-0.15, -0.1) is 0 Å². The number of carbonyl (C=O) groups is 2. The number of hydrogen-bond acceptors (Lipinski definition) is 6. The van der Waals surface area contributed by atoms with Crippen molar-refractivity contribution in [3.63, 3.8) is 0 Å². The van der Waals surface area contributed by atoms with Gasteiger partial charge in [0.25, 0.3) is 11.8 Å². The number of rotatable bonds is 9. The molecule has 0 heterocycles. The maximum absolute atomic E-state index is 11.8. The highest BCUT2D eigenvalue weighted by molar-refractivity contribution is 5.83. The number of nitrogens with one attached hydrogen (secondary N) is 1. The molecule has 0 saturated carbocycles. The minimum absolute atomic E-state index is 0.185. The van der Waals surface area contributed by atoms with Crippen LogP contribution in [-0.2, 0) is 9.59 Å². The fourth-order valence-electron chi connectivity index (χ4n) is 1.90. The first kappa shape index (κ1) is 18.8. The average Bonchev–Trinajstić information content (AvgIpc) is 2.66. The van der Waals surface area contributed by atoms with Gasteiger partial charge in [0.05, 0.1) is 13.3 Å². The molecule has 0 aromatic heterocycles. The molecule has 0 unspecified atom stereocenters. The molecule has 2 amide bonds. The first-order valence-corrected chi connectivity index (χ1v) is 7.67. The quantitative estimate of drug-likeness (QED) is 0.515. The van der Waals surface area contributed by atoms with Crippen LogP contribution in [0.4, 0.5) is 0 Å². The summed E-state index contributed by atoms with van der Waals surface area (Å²) < 4.78 is 15.7. The lowest BCUT2D eigenvalue weighted by molar-refractivity contribution is -0.123. The molecule has 8 heteroatoms. The summed E-state index contributed by atoms with van der Waals surface area (Å²) in [6, 6.07) is 13.8. The number of ether oxygens (including phenoxy) is 3. The second kappa shape index (κ2) is 9.67. The number of benzene rings is 2. The van der Waals surface area contributed by atoms with E-state index in [-0.39, 0.29) is 13.2 Å². The normalized spacial score (nSPS) is 10.3. The molecule has 0 radical (unpaired) electrons. The van der Waals surface area contributed by atoms with Crippen molar-refractivity contribution in [2.24, 2.45) is 10.8 Å². The van der Waals surface area contributed by atoms with E-state index < -0.39 is 11.8 Å². The van der Waals surface area contributed by atoms with Gasteiger partial charge < -0.3 is 19.9 Å². The summed E-state index contributed by atoms with van der Waals surface area (Å²) in [5, 5.41) is 3.85. The van der Waals surface area contributed by atoms with E-state index in [1.54, 1.807) is 48.5 Å². The van der Waals surface area contributed by atoms with Gasteiger partial charge in [0.1, 0.15) is 5.75 Å². The molecule has 0 aliphatic carbocycles. The van der Waals surface area contributed by atoms with Gasteiger partial charge in [-0.25, -0.2) is 5.43 Å². The summed E-state index contributed by atoms with van der Waals surface area (Å²) in [6.45, 7) is -0.382.